The number of alkyl halides is 3. The molecule has 0 bridgehead atoms. The Labute approximate surface area is 170 Å². The third-order valence-electron chi connectivity index (χ3n) is 5.59. The van der Waals surface area contributed by atoms with Gasteiger partial charge in [0, 0.05) is 30.1 Å². The summed E-state index contributed by atoms with van der Waals surface area (Å²) in [7, 11) is 0. The fraction of sp³-hybridized carbons (Fsp3) is 0.273. The fourth-order valence-corrected chi connectivity index (χ4v) is 4.03. The van der Waals surface area contributed by atoms with Crippen molar-refractivity contribution >= 4 is 22.9 Å². The van der Waals surface area contributed by atoms with Gasteiger partial charge >= 0.3 is 6.18 Å². The van der Waals surface area contributed by atoms with Gasteiger partial charge in [0.1, 0.15) is 5.82 Å². The van der Waals surface area contributed by atoms with Crippen LogP contribution in [-0.2, 0) is 6.18 Å². The molecule has 30 heavy (non-hydrogen) atoms. The number of nitrogens with one attached hydrogen (secondary N) is 1. The first kappa shape index (κ1) is 20.1. The van der Waals surface area contributed by atoms with Gasteiger partial charge in [-0.15, -0.1) is 0 Å². The number of halogens is 4. The molecule has 1 amide bonds. The zero-order valence-corrected chi connectivity index (χ0v) is 16.0. The molecule has 3 aromatic rings. The minimum absolute atomic E-state index is 0.169. The summed E-state index contributed by atoms with van der Waals surface area (Å²) in [6.07, 6.45) is -2.20. The van der Waals surface area contributed by atoms with Crippen molar-refractivity contribution in [3.63, 3.8) is 0 Å². The van der Waals surface area contributed by atoms with Gasteiger partial charge in [-0.1, -0.05) is 30.9 Å². The van der Waals surface area contributed by atoms with Gasteiger partial charge in [-0.3, -0.25) is 9.89 Å². The van der Waals surface area contributed by atoms with E-state index in [9.17, 15) is 22.4 Å². The van der Waals surface area contributed by atoms with Crippen LogP contribution in [0.4, 0.5) is 17.6 Å². The van der Waals surface area contributed by atoms with Crippen LogP contribution < -0.4 is 0 Å². The molecule has 0 spiro atoms. The largest absolute Gasteiger partial charge is 0.416 e. The first-order chi connectivity index (χ1) is 14.3. The number of amides is 1. The number of nitrogens with zero attached hydrogens (tertiary/aromatic N) is 2. The van der Waals surface area contributed by atoms with E-state index in [1.807, 2.05) is 0 Å². The maximum Gasteiger partial charge on any atom is 0.416 e. The highest BCUT2D eigenvalue weighted by molar-refractivity contribution is 6.05. The molecule has 2 heterocycles. The van der Waals surface area contributed by atoms with Crippen LogP contribution >= 0.6 is 0 Å². The van der Waals surface area contributed by atoms with Gasteiger partial charge in [0.25, 0.3) is 5.91 Å². The quantitative estimate of drug-likeness (QED) is 0.582. The Morgan fingerprint density at radius 2 is 1.90 bits per heavy atom. The molecule has 8 heteroatoms. The molecule has 1 aliphatic heterocycles. The number of hydrogen-bond acceptors (Lipinski definition) is 2. The molecule has 1 aromatic heterocycles. The van der Waals surface area contributed by atoms with Crippen LogP contribution in [0.3, 0.4) is 0 Å². The normalized spacial score (nSPS) is 15.5. The average molecular weight is 417 g/mol. The van der Waals surface area contributed by atoms with Crippen molar-refractivity contribution in [2.45, 2.75) is 24.9 Å². The van der Waals surface area contributed by atoms with Crippen LogP contribution in [0.5, 0.6) is 0 Å². The monoisotopic (exact) mass is 417 g/mol. The van der Waals surface area contributed by atoms with Gasteiger partial charge in [0.2, 0.25) is 0 Å². The smallest absolute Gasteiger partial charge is 0.337 e. The summed E-state index contributed by atoms with van der Waals surface area (Å²) >= 11 is 0. The number of rotatable bonds is 3. The first-order valence-corrected chi connectivity index (χ1v) is 9.55. The van der Waals surface area contributed by atoms with Gasteiger partial charge in [0.05, 0.1) is 11.1 Å². The molecule has 0 saturated carbocycles. The lowest BCUT2D eigenvalue weighted by Gasteiger charge is -2.33. The summed E-state index contributed by atoms with van der Waals surface area (Å²) in [6.45, 7) is 4.20. The van der Waals surface area contributed by atoms with Gasteiger partial charge in [-0.05, 0) is 36.5 Å². The maximum absolute atomic E-state index is 13.9. The lowest BCUT2D eigenvalue weighted by molar-refractivity contribution is -0.138. The molecule has 1 fully saturated rings. The molecule has 1 N–H and O–H groups in total. The SMILES string of the molecule is C=Cc1cc2c(C(=O)N3CCC(c4ccccc4C(F)(F)F)CC3)n[nH]c2cc1F. The zero-order chi connectivity index (χ0) is 21.5. The van der Waals surface area contributed by atoms with Crippen molar-refractivity contribution in [3.8, 4) is 0 Å². The minimum atomic E-state index is -4.41. The van der Waals surface area contributed by atoms with Crippen molar-refractivity contribution in [2.75, 3.05) is 13.1 Å². The number of likely N-dealkylation sites (tertiary alicyclic amines) is 1. The van der Waals surface area contributed by atoms with E-state index in [0.29, 0.717) is 36.8 Å². The minimum Gasteiger partial charge on any atom is -0.337 e. The van der Waals surface area contributed by atoms with E-state index in [2.05, 4.69) is 16.8 Å². The summed E-state index contributed by atoms with van der Waals surface area (Å²) in [4.78, 5) is 14.6. The first-order valence-electron chi connectivity index (χ1n) is 9.55. The number of piperidine rings is 1. The van der Waals surface area contributed by atoms with E-state index in [1.54, 1.807) is 11.0 Å². The molecule has 0 aliphatic carbocycles. The van der Waals surface area contributed by atoms with Crippen LogP contribution in [0.1, 0.15) is 45.9 Å². The molecule has 1 aliphatic rings. The molecule has 4 nitrogen and oxygen atoms in total. The number of H-pyrrole nitrogens is 1. The summed E-state index contributed by atoms with van der Waals surface area (Å²) in [5, 5.41) is 7.19. The molecule has 4 rings (SSSR count). The van der Waals surface area contributed by atoms with E-state index < -0.39 is 17.6 Å². The van der Waals surface area contributed by atoms with E-state index in [-0.39, 0.29) is 28.6 Å². The number of fused-ring (bicyclic) bond motifs is 1. The third kappa shape index (κ3) is 3.58. The molecule has 0 unspecified atom stereocenters. The summed E-state index contributed by atoms with van der Waals surface area (Å²) in [5.41, 5.74) is 0.485. The topological polar surface area (TPSA) is 49.0 Å². The van der Waals surface area contributed by atoms with Crippen molar-refractivity contribution in [1.82, 2.24) is 15.1 Å². The second-order valence-corrected chi connectivity index (χ2v) is 7.35. The number of benzene rings is 2. The van der Waals surface area contributed by atoms with Gasteiger partial charge in [-0.2, -0.15) is 18.3 Å². The number of carbonyl (C=O) groups is 1. The molecule has 0 atom stereocenters. The Morgan fingerprint density at radius 3 is 2.57 bits per heavy atom. The van der Waals surface area contributed by atoms with Gasteiger partial charge in [0.15, 0.2) is 5.69 Å². The molecule has 156 valence electrons. The highest BCUT2D eigenvalue weighted by Gasteiger charge is 2.36. The van der Waals surface area contributed by atoms with Crippen molar-refractivity contribution in [1.29, 1.82) is 0 Å². The van der Waals surface area contributed by atoms with Crippen LogP contribution in [0.15, 0.2) is 43.0 Å². The highest BCUT2D eigenvalue weighted by Crippen LogP contribution is 2.38. The summed E-state index contributed by atoms with van der Waals surface area (Å²) in [6, 6.07) is 8.37. The predicted molar refractivity (Wildman–Crippen MR) is 105 cm³/mol. The molecule has 0 radical (unpaired) electrons. The van der Waals surface area contributed by atoms with Crippen LogP contribution in [0.25, 0.3) is 17.0 Å². The van der Waals surface area contributed by atoms with E-state index in [4.69, 9.17) is 0 Å². The van der Waals surface area contributed by atoms with Crippen molar-refractivity contribution in [3.05, 3.63) is 71.2 Å². The third-order valence-corrected chi connectivity index (χ3v) is 5.59. The van der Waals surface area contributed by atoms with Crippen LogP contribution in [0.2, 0.25) is 0 Å². The molecule has 1 saturated heterocycles. The van der Waals surface area contributed by atoms with Gasteiger partial charge in [-0.25, -0.2) is 4.39 Å². The number of aromatic amines is 1. The Bertz CT molecular complexity index is 1110. The van der Waals surface area contributed by atoms with Crippen molar-refractivity contribution in [2.24, 2.45) is 0 Å². The van der Waals surface area contributed by atoms with E-state index in [1.165, 1.54) is 30.3 Å². The highest BCUT2D eigenvalue weighted by atomic mass is 19.4. The Balaban J connectivity index is 1.54. The Kier molecular flexibility index (Phi) is 5.09. The molecule has 2 aromatic carbocycles. The van der Waals surface area contributed by atoms with Crippen LogP contribution in [0, 0.1) is 5.82 Å². The Morgan fingerprint density at radius 1 is 1.20 bits per heavy atom. The van der Waals surface area contributed by atoms with Crippen LogP contribution in [-0.4, -0.2) is 34.1 Å². The molecular weight excluding hydrogens is 398 g/mol. The lowest BCUT2D eigenvalue weighted by Crippen LogP contribution is -2.38. The van der Waals surface area contributed by atoms with E-state index >= 15 is 0 Å². The maximum atomic E-state index is 13.9. The second-order valence-electron chi connectivity index (χ2n) is 7.35. The standard InChI is InChI=1S/C22H19F4N3O/c1-2-13-11-16-19(12-18(13)23)27-28-20(16)21(30)29-9-7-14(8-10-29)15-5-3-4-6-17(15)22(24,25)26/h2-6,11-12,14H,1,7-10H2,(H,27,28). The molecular formula is C22H19F4N3O. The van der Waals surface area contributed by atoms with Crippen molar-refractivity contribution < 1.29 is 22.4 Å². The zero-order valence-electron chi connectivity index (χ0n) is 16.0. The van der Waals surface area contributed by atoms with Gasteiger partial charge < -0.3 is 4.90 Å². The Hall–Kier alpha value is -3.16. The summed E-state index contributed by atoms with van der Waals surface area (Å²) in [5.74, 6) is -1.07. The predicted octanol–water partition coefficient (Wildman–Crippen LogP) is 5.38. The fourth-order valence-electron chi connectivity index (χ4n) is 4.03. The average Bonchev–Trinajstić information content (AvgIpc) is 3.14. The summed E-state index contributed by atoms with van der Waals surface area (Å²) < 4.78 is 53.9. The van der Waals surface area contributed by atoms with E-state index in [0.717, 1.165) is 6.07 Å². The number of hydrogen-bond donors (Lipinski definition) is 1. The second kappa shape index (κ2) is 7.59. The lowest BCUT2D eigenvalue weighted by atomic mass is 9.86. The number of aromatic nitrogens is 2. The number of carbonyl (C=O) groups excluding carboxylic acids is 1.